The van der Waals surface area contributed by atoms with Crippen molar-refractivity contribution in [2.75, 3.05) is 49.5 Å². The average molecular weight is 500 g/mol. The van der Waals surface area contributed by atoms with Crippen LogP contribution in [0.25, 0.3) is 0 Å². The highest BCUT2D eigenvalue weighted by molar-refractivity contribution is 7.91. The van der Waals surface area contributed by atoms with Gasteiger partial charge in [-0.1, -0.05) is 30.5 Å². The number of anilines is 3. The minimum atomic E-state index is -3.56. The van der Waals surface area contributed by atoms with Crippen molar-refractivity contribution in [1.29, 1.82) is 0 Å². The first-order valence-electron chi connectivity index (χ1n) is 11.6. The third-order valence-electron chi connectivity index (χ3n) is 6.71. The predicted molar refractivity (Wildman–Crippen MR) is 137 cm³/mol. The van der Waals surface area contributed by atoms with Crippen LogP contribution in [-0.4, -0.2) is 64.1 Å². The van der Waals surface area contributed by atoms with E-state index in [2.05, 4.69) is 22.5 Å². The number of fused-ring (bicyclic) bond motifs is 3. The molecule has 0 spiro atoms. The summed E-state index contributed by atoms with van der Waals surface area (Å²) in [4.78, 5) is 13.8. The number of para-hydroxylation sites is 1. The molecule has 0 radical (unpaired) electrons. The number of nitrogens with one attached hydrogen (secondary N) is 1. The van der Waals surface area contributed by atoms with Crippen LogP contribution in [0.5, 0.6) is 5.75 Å². The highest BCUT2D eigenvalue weighted by atomic mass is 32.2. The van der Waals surface area contributed by atoms with E-state index in [0.717, 1.165) is 17.7 Å². The van der Waals surface area contributed by atoms with Crippen LogP contribution in [0.2, 0.25) is 0 Å². The Labute approximate surface area is 207 Å². The van der Waals surface area contributed by atoms with Crippen LogP contribution in [0.15, 0.2) is 42.4 Å². The molecular formula is C25H33N5O4S. The summed E-state index contributed by atoms with van der Waals surface area (Å²) in [5.74, 6) is 1.83. The van der Waals surface area contributed by atoms with Crippen molar-refractivity contribution in [2.24, 2.45) is 0 Å². The van der Waals surface area contributed by atoms with E-state index in [1.165, 1.54) is 6.26 Å². The molecule has 1 saturated heterocycles. The summed E-state index contributed by atoms with van der Waals surface area (Å²) in [6.45, 7) is 11.3. The van der Waals surface area contributed by atoms with E-state index in [-0.39, 0.29) is 6.04 Å². The van der Waals surface area contributed by atoms with E-state index in [4.69, 9.17) is 19.4 Å². The van der Waals surface area contributed by atoms with Gasteiger partial charge in [-0.15, -0.1) is 0 Å². The van der Waals surface area contributed by atoms with Gasteiger partial charge in [-0.25, -0.2) is 13.4 Å². The number of rotatable bonds is 6. The SMILES string of the molecule is C=C=C(NC)N(c1nc2c(c(C(C)(C)S(C)(=O)=O)n1)OCCC1COCCN21)c1ccccc1C. The van der Waals surface area contributed by atoms with Crippen LogP contribution in [-0.2, 0) is 19.3 Å². The standard InChI is InChI=1S/C25H33N5O4S/c1-7-20(26-5)30(19-11-9-8-10-17(19)2)24-27-22(25(3,4)35(6,31)32)21-23(28-24)29-13-15-33-16-18(29)12-14-34-21/h8-11,18,26H,1,12-16H2,2-6H3. The smallest absolute Gasteiger partial charge is 0.238 e. The molecule has 1 N–H and O–H groups in total. The van der Waals surface area contributed by atoms with E-state index in [0.29, 0.717) is 55.4 Å². The maximum atomic E-state index is 13.0. The second kappa shape index (κ2) is 9.53. The molecule has 2 aliphatic heterocycles. The number of ether oxygens (including phenoxy) is 2. The Morgan fingerprint density at radius 2 is 2.03 bits per heavy atom. The fourth-order valence-electron chi connectivity index (χ4n) is 4.33. The van der Waals surface area contributed by atoms with E-state index in [1.807, 2.05) is 36.1 Å². The quantitative estimate of drug-likeness (QED) is 0.602. The number of nitrogens with zero attached hydrogens (tertiary/aromatic N) is 4. The Hall–Kier alpha value is -3.07. The lowest BCUT2D eigenvalue weighted by molar-refractivity contribution is 0.0894. The van der Waals surface area contributed by atoms with Crippen molar-refractivity contribution in [3.05, 3.63) is 53.7 Å². The van der Waals surface area contributed by atoms with Crippen molar-refractivity contribution < 1.29 is 17.9 Å². The Morgan fingerprint density at radius 1 is 1.29 bits per heavy atom. The molecule has 2 aliphatic rings. The van der Waals surface area contributed by atoms with Crippen molar-refractivity contribution >= 4 is 27.3 Å². The molecule has 0 bridgehead atoms. The molecular weight excluding hydrogens is 466 g/mol. The van der Waals surface area contributed by atoms with Gasteiger partial charge < -0.3 is 19.7 Å². The maximum absolute atomic E-state index is 13.0. The molecule has 0 aliphatic carbocycles. The van der Waals surface area contributed by atoms with Crippen LogP contribution in [0.1, 0.15) is 31.5 Å². The number of hydrogen-bond acceptors (Lipinski definition) is 9. The minimum Gasteiger partial charge on any atom is -0.488 e. The zero-order valence-electron chi connectivity index (χ0n) is 21.0. The molecule has 0 amide bonds. The molecule has 1 unspecified atom stereocenters. The third kappa shape index (κ3) is 4.49. The predicted octanol–water partition coefficient (Wildman–Crippen LogP) is 3.04. The first-order valence-corrected chi connectivity index (χ1v) is 13.5. The molecule has 0 saturated carbocycles. The Morgan fingerprint density at radius 3 is 2.69 bits per heavy atom. The highest BCUT2D eigenvalue weighted by Crippen LogP contribution is 2.44. The molecule has 35 heavy (non-hydrogen) atoms. The van der Waals surface area contributed by atoms with Crippen molar-refractivity contribution in [3.63, 3.8) is 0 Å². The molecule has 4 rings (SSSR count). The molecule has 9 nitrogen and oxygen atoms in total. The summed E-state index contributed by atoms with van der Waals surface area (Å²) in [7, 11) is -1.79. The van der Waals surface area contributed by atoms with Gasteiger partial charge in [0.2, 0.25) is 5.95 Å². The number of aromatic nitrogens is 2. The van der Waals surface area contributed by atoms with Gasteiger partial charge in [-0.05, 0) is 32.4 Å². The van der Waals surface area contributed by atoms with Gasteiger partial charge in [0.15, 0.2) is 27.2 Å². The van der Waals surface area contributed by atoms with Gasteiger partial charge in [0.05, 0.1) is 31.5 Å². The van der Waals surface area contributed by atoms with Gasteiger partial charge in [0.1, 0.15) is 10.4 Å². The molecule has 1 aromatic carbocycles. The zero-order valence-corrected chi connectivity index (χ0v) is 21.8. The first kappa shape index (κ1) is 25.0. The summed E-state index contributed by atoms with van der Waals surface area (Å²) in [6.07, 6.45) is 1.96. The number of morpholine rings is 1. The monoisotopic (exact) mass is 499 g/mol. The highest BCUT2D eigenvalue weighted by Gasteiger charge is 2.42. The van der Waals surface area contributed by atoms with Crippen molar-refractivity contribution in [1.82, 2.24) is 15.3 Å². The molecule has 1 atom stereocenters. The lowest BCUT2D eigenvalue weighted by Gasteiger charge is -2.36. The zero-order chi connectivity index (χ0) is 25.4. The lowest BCUT2D eigenvalue weighted by atomic mass is 10.1. The fraction of sp³-hybridized carbons (Fsp3) is 0.480. The summed E-state index contributed by atoms with van der Waals surface area (Å²) >= 11 is 0. The minimum absolute atomic E-state index is 0.0765. The molecule has 2 aromatic rings. The first-order chi connectivity index (χ1) is 16.6. The third-order valence-corrected chi connectivity index (χ3v) is 8.76. The number of aryl methyl sites for hydroxylation is 1. The summed E-state index contributed by atoms with van der Waals surface area (Å²) < 4.78 is 36.5. The normalized spacial score (nSPS) is 17.9. The number of sulfone groups is 1. The number of hydrogen-bond donors (Lipinski definition) is 1. The molecule has 1 aromatic heterocycles. The lowest BCUT2D eigenvalue weighted by Crippen LogP contribution is -2.46. The largest absolute Gasteiger partial charge is 0.488 e. The number of benzene rings is 1. The van der Waals surface area contributed by atoms with Crippen LogP contribution < -0.4 is 19.9 Å². The van der Waals surface area contributed by atoms with E-state index < -0.39 is 14.6 Å². The van der Waals surface area contributed by atoms with Gasteiger partial charge in [-0.2, -0.15) is 4.98 Å². The molecule has 188 valence electrons. The Bertz CT molecular complexity index is 1270. The Kier molecular flexibility index (Phi) is 6.81. The molecule has 10 heteroatoms. The van der Waals surface area contributed by atoms with Crippen LogP contribution >= 0.6 is 0 Å². The molecule has 3 heterocycles. The maximum Gasteiger partial charge on any atom is 0.238 e. The van der Waals surface area contributed by atoms with E-state index >= 15 is 0 Å². The van der Waals surface area contributed by atoms with E-state index in [1.54, 1.807) is 20.9 Å². The second-order valence-corrected chi connectivity index (χ2v) is 11.8. The summed E-state index contributed by atoms with van der Waals surface area (Å²) in [5, 5.41) is 3.12. The Balaban J connectivity index is 2.05. The van der Waals surface area contributed by atoms with Gasteiger partial charge in [-0.3, -0.25) is 4.90 Å². The topological polar surface area (TPSA) is 96.9 Å². The fourth-order valence-corrected chi connectivity index (χ4v) is 4.82. The van der Waals surface area contributed by atoms with Crippen molar-refractivity contribution in [3.8, 4) is 5.75 Å². The van der Waals surface area contributed by atoms with E-state index in [9.17, 15) is 8.42 Å². The van der Waals surface area contributed by atoms with Crippen LogP contribution in [0.4, 0.5) is 17.5 Å². The summed E-state index contributed by atoms with van der Waals surface area (Å²) in [5.41, 5.74) is 5.06. The van der Waals surface area contributed by atoms with Crippen LogP contribution in [0.3, 0.4) is 0 Å². The van der Waals surface area contributed by atoms with Gasteiger partial charge in [0.25, 0.3) is 0 Å². The van der Waals surface area contributed by atoms with Crippen LogP contribution in [0, 0.1) is 6.92 Å². The second-order valence-electron chi connectivity index (χ2n) is 9.26. The van der Waals surface area contributed by atoms with Crippen molar-refractivity contribution in [2.45, 2.75) is 38.0 Å². The molecule has 1 fully saturated rings. The van der Waals surface area contributed by atoms with Gasteiger partial charge in [0, 0.05) is 26.3 Å². The average Bonchev–Trinajstić information content (AvgIpc) is 3.01. The van der Waals surface area contributed by atoms with Gasteiger partial charge >= 0.3 is 0 Å². The summed E-state index contributed by atoms with van der Waals surface area (Å²) in [6, 6.07) is 7.90.